The second-order valence-electron chi connectivity index (χ2n) is 4.70. The van der Waals surface area contributed by atoms with Gasteiger partial charge in [0, 0.05) is 16.5 Å². The molecule has 19 heavy (non-hydrogen) atoms. The molecule has 2 rings (SSSR count). The number of benzene rings is 2. The van der Waals surface area contributed by atoms with E-state index in [1.165, 1.54) is 18.2 Å². The van der Waals surface area contributed by atoms with Gasteiger partial charge in [-0.15, -0.1) is 0 Å². The van der Waals surface area contributed by atoms with Crippen molar-refractivity contribution in [2.75, 3.05) is 0 Å². The smallest absolute Gasteiger partial charge is 0.123 e. The van der Waals surface area contributed by atoms with E-state index < -0.39 is 5.60 Å². The van der Waals surface area contributed by atoms with E-state index in [0.717, 1.165) is 0 Å². The fraction of sp³-hybridized carbons (Fsp3) is 0.200. The minimum Gasteiger partial charge on any atom is -0.385 e. The molecule has 4 heteroatoms. The zero-order valence-electron chi connectivity index (χ0n) is 10.3. The molecule has 0 heterocycles. The maximum atomic E-state index is 13.2. The first-order valence-electron chi connectivity index (χ1n) is 5.81. The van der Waals surface area contributed by atoms with E-state index in [2.05, 4.69) is 0 Å². The molecule has 0 aliphatic heterocycles. The molecule has 0 saturated heterocycles. The van der Waals surface area contributed by atoms with Crippen molar-refractivity contribution in [3.8, 4) is 0 Å². The van der Waals surface area contributed by atoms with Gasteiger partial charge in [-0.2, -0.15) is 0 Å². The van der Waals surface area contributed by atoms with E-state index in [4.69, 9.17) is 23.2 Å². The van der Waals surface area contributed by atoms with Crippen LogP contribution < -0.4 is 0 Å². The topological polar surface area (TPSA) is 20.2 Å². The first-order valence-corrected chi connectivity index (χ1v) is 6.56. The molecule has 2 aromatic carbocycles. The van der Waals surface area contributed by atoms with Gasteiger partial charge in [0.1, 0.15) is 5.82 Å². The molecule has 0 aliphatic carbocycles. The summed E-state index contributed by atoms with van der Waals surface area (Å²) in [5.41, 5.74) is 0.0643. The summed E-state index contributed by atoms with van der Waals surface area (Å²) in [5.74, 6) is -0.374. The van der Waals surface area contributed by atoms with Gasteiger partial charge in [-0.05, 0) is 48.4 Å². The van der Waals surface area contributed by atoms with E-state index in [9.17, 15) is 9.50 Å². The third kappa shape index (κ3) is 3.47. The van der Waals surface area contributed by atoms with Crippen molar-refractivity contribution in [1.82, 2.24) is 0 Å². The summed E-state index contributed by atoms with van der Waals surface area (Å²) in [5, 5.41) is 11.5. The fourth-order valence-electron chi connectivity index (χ4n) is 1.98. The van der Waals surface area contributed by atoms with Crippen molar-refractivity contribution in [2.45, 2.75) is 18.9 Å². The Bertz CT molecular complexity index is 596. The highest BCUT2D eigenvalue weighted by Gasteiger charge is 2.25. The Morgan fingerprint density at radius 2 is 1.89 bits per heavy atom. The van der Waals surface area contributed by atoms with Crippen molar-refractivity contribution < 1.29 is 9.50 Å². The molecule has 1 unspecified atom stereocenters. The Balaban J connectivity index is 2.33. The molecule has 0 aliphatic rings. The van der Waals surface area contributed by atoms with E-state index in [-0.39, 0.29) is 12.2 Å². The van der Waals surface area contributed by atoms with Crippen LogP contribution in [0.5, 0.6) is 0 Å². The van der Waals surface area contributed by atoms with Crippen LogP contribution in [-0.2, 0) is 12.0 Å². The molecule has 0 saturated carbocycles. The van der Waals surface area contributed by atoms with Gasteiger partial charge in [-0.25, -0.2) is 4.39 Å². The second kappa shape index (κ2) is 5.49. The molecular formula is C15H13Cl2FO. The Morgan fingerprint density at radius 1 is 1.16 bits per heavy atom. The number of halogens is 3. The molecule has 1 nitrogen and oxygen atoms in total. The SMILES string of the molecule is CC(O)(Cc1cc(F)ccc1Cl)c1cccc(Cl)c1. The first-order chi connectivity index (χ1) is 8.88. The molecule has 0 amide bonds. The van der Waals surface area contributed by atoms with Crippen LogP contribution in [0.25, 0.3) is 0 Å². The Kier molecular flexibility index (Phi) is 4.14. The largest absolute Gasteiger partial charge is 0.385 e. The summed E-state index contributed by atoms with van der Waals surface area (Å²) in [6.45, 7) is 1.65. The summed E-state index contributed by atoms with van der Waals surface area (Å²) < 4.78 is 13.2. The molecule has 100 valence electrons. The normalized spacial score (nSPS) is 14.2. The highest BCUT2D eigenvalue weighted by molar-refractivity contribution is 6.31. The van der Waals surface area contributed by atoms with Crippen LogP contribution in [0.2, 0.25) is 10.0 Å². The molecule has 2 aromatic rings. The van der Waals surface area contributed by atoms with Crippen LogP contribution in [0.1, 0.15) is 18.1 Å². The van der Waals surface area contributed by atoms with Crippen LogP contribution in [0.3, 0.4) is 0 Å². The Morgan fingerprint density at radius 3 is 2.58 bits per heavy atom. The summed E-state index contributed by atoms with van der Waals surface area (Å²) in [6.07, 6.45) is 0.212. The summed E-state index contributed by atoms with van der Waals surface area (Å²) >= 11 is 11.9. The van der Waals surface area contributed by atoms with Gasteiger partial charge < -0.3 is 5.11 Å². The zero-order chi connectivity index (χ0) is 14.0. The maximum Gasteiger partial charge on any atom is 0.123 e. The van der Waals surface area contributed by atoms with Gasteiger partial charge in [-0.1, -0.05) is 35.3 Å². The van der Waals surface area contributed by atoms with Gasteiger partial charge in [0.15, 0.2) is 0 Å². The number of hydrogen-bond acceptors (Lipinski definition) is 1. The lowest BCUT2D eigenvalue weighted by Gasteiger charge is -2.24. The van der Waals surface area contributed by atoms with Crippen LogP contribution in [0.4, 0.5) is 4.39 Å². The molecule has 1 N–H and O–H groups in total. The van der Waals surface area contributed by atoms with Crippen LogP contribution in [-0.4, -0.2) is 5.11 Å². The van der Waals surface area contributed by atoms with Gasteiger partial charge >= 0.3 is 0 Å². The van der Waals surface area contributed by atoms with Crippen LogP contribution >= 0.6 is 23.2 Å². The standard InChI is InChI=1S/C15H13Cl2FO/c1-15(19,11-3-2-4-12(16)8-11)9-10-7-13(18)5-6-14(10)17/h2-8,19H,9H2,1H3. The first kappa shape index (κ1) is 14.3. The maximum absolute atomic E-state index is 13.2. The predicted octanol–water partition coefficient (Wildman–Crippen LogP) is 4.58. The van der Waals surface area contributed by atoms with Crippen molar-refractivity contribution in [3.05, 3.63) is 69.5 Å². The van der Waals surface area contributed by atoms with Gasteiger partial charge in [-0.3, -0.25) is 0 Å². The second-order valence-corrected chi connectivity index (χ2v) is 5.54. The van der Waals surface area contributed by atoms with E-state index in [1.807, 2.05) is 0 Å². The number of hydrogen-bond donors (Lipinski definition) is 1. The van der Waals surface area contributed by atoms with Gasteiger partial charge in [0.05, 0.1) is 5.60 Å². The fourth-order valence-corrected chi connectivity index (χ4v) is 2.35. The highest BCUT2D eigenvalue weighted by atomic mass is 35.5. The Labute approximate surface area is 121 Å². The lowest BCUT2D eigenvalue weighted by molar-refractivity contribution is 0.0576. The van der Waals surface area contributed by atoms with Gasteiger partial charge in [0.2, 0.25) is 0 Å². The average Bonchev–Trinajstić information content (AvgIpc) is 2.33. The van der Waals surface area contributed by atoms with E-state index in [1.54, 1.807) is 31.2 Å². The molecule has 0 radical (unpaired) electrons. The average molecular weight is 299 g/mol. The van der Waals surface area contributed by atoms with Crippen LogP contribution in [0.15, 0.2) is 42.5 Å². The van der Waals surface area contributed by atoms with E-state index >= 15 is 0 Å². The molecule has 0 spiro atoms. The van der Waals surface area contributed by atoms with Crippen molar-refractivity contribution in [2.24, 2.45) is 0 Å². The molecule has 0 aromatic heterocycles. The molecule has 1 atom stereocenters. The lowest BCUT2D eigenvalue weighted by atomic mass is 9.89. The van der Waals surface area contributed by atoms with Gasteiger partial charge in [0.25, 0.3) is 0 Å². The lowest BCUT2D eigenvalue weighted by Crippen LogP contribution is -2.24. The summed E-state index contributed by atoms with van der Waals surface area (Å²) in [6, 6.07) is 11.1. The minimum atomic E-state index is -1.16. The summed E-state index contributed by atoms with van der Waals surface area (Å²) in [7, 11) is 0. The van der Waals surface area contributed by atoms with Crippen molar-refractivity contribution in [1.29, 1.82) is 0 Å². The Hall–Kier alpha value is -1.09. The van der Waals surface area contributed by atoms with Crippen LogP contribution in [0, 0.1) is 5.82 Å². The third-order valence-corrected chi connectivity index (χ3v) is 3.59. The molecule has 0 fully saturated rings. The number of rotatable bonds is 3. The highest BCUT2D eigenvalue weighted by Crippen LogP contribution is 2.30. The summed E-state index contributed by atoms with van der Waals surface area (Å²) in [4.78, 5) is 0. The van der Waals surface area contributed by atoms with E-state index in [0.29, 0.717) is 21.2 Å². The molecule has 0 bridgehead atoms. The monoisotopic (exact) mass is 298 g/mol. The van der Waals surface area contributed by atoms with Crippen molar-refractivity contribution >= 4 is 23.2 Å². The zero-order valence-corrected chi connectivity index (χ0v) is 11.8. The molecular weight excluding hydrogens is 286 g/mol. The quantitative estimate of drug-likeness (QED) is 0.879. The third-order valence-electron chi connectivity index (χ3n) is 2.99. The predicted molar refractivity (Wildman–Crippen MR) is 76.1 cm³/mol. The van der Waals surface area contributed by atoms with Crippen molar-refractivity contribution in [3.63, 3.8) is 0 Å². The minimum absolute atomic E-state index is 0.212. The number of aliphatic hydroxyl groups is 1.